The zero-order chi connectivity index (χ0) is 14.5. The van der Waals surface area contributed by atoms with Crippen LogP contribution in [0.1, 0.15) is 5.56 Å². The first-order valence-corrected chi connectivity index (χ1v) is 7.83. The number of ether oxygens (including phenoxy) is 1. The van der Waals surface area contributed by atoms with Gasteiger partial charge in [-0.25, -0.2) is 0 Å². The van der Waals surface area contributed by atoms with Gasteiger partial charge in [-0.1, -0.05) is 28.1 Å². The third kappa shape index (κ3) is 3.93. The lowest BCUT2D eigenvalue weighted by atomic mass is 10.2. The normalized spacial score (nSPS) is 15.6. The molecule has 3 nitrogen and oxygen atoms in total. The average molecular weight is 345 g/mol. The van der Waals surface area contributed by atoms with Crippen molar-refractivity contribution in [2.45, 2.75) is 0 Å². The summed E-state index contributed by atoms with van der Waals surface area (Å²) in [4.78, 5) is 6.83. The average Bonchev–Trinajstić information content (AvgIpc) is 2.56. The molecule has 0 aromatic heterocycles. The lowest BCUT2D eigenvalue weighted by Crippen LogP contribution is -2.36. The van der Waals surface area contributed by atoms with Crippen LogP contribution in [0.2, 0.25) is 0 Å². The fraction of sp³-hybridized carbons (Fsp3) is 0.235. The first-order chi connectivity index (χ1) is 10.3. The second-order valence-corrected chi connectivity index (χ2v) is 5.84. The maximum Gasteiger partial charge on any atom is 0.0642 e. The Labute approximate surface area is 133 Å². The highest BCUT2D eigenvalue weighted by molar-refractivity contribution is 9.10. The summed E-state index contributed by atoms with van der Waals surface area (Å²) in [6.07, 6.45) is 1.90. The Morgan fingerprint density at radius 2 is 1.62 bits per heavy atom. The van der Waals surface area contributed by atoms with Crippen LogP contribution in [0.5, 0.6) is 0 Å². The molecule has 0 atom stereocenters. The van der Waals surface area contributed by atoms with E-state index in [9.17, 15) is 0 Å². The SMILES string of the molecule is Brc1ccc(N=Cc2ccc(N3CCOCC3)cc2)cc1. The largest absolute Gasteiger partial charge is 0.378 e. The van der Waals surface area contributed by atoms with E-state index in [0.29, 0.717) is 0 Å². The van der Waals surface area contributed by atoms with Crippen molar-refractivity contribution in [3.8, 4) is 0 Å². The van der Waals surface area contributed by atoms with Crippen LogP contribution in [-0.2, 0) is 4.74 Å². The highest BCUT2D eigenvalue weighted by Crippen LogP contribution is 2.18. The van der Waals surface area contributed by atoms with Gasteiger partial charge in [0.05, 0.1) is 18.9 Å². The molecule has 0 amide bonds. The summed E-state index contributed by atoms with van der Waals surface area (Å²) < 4.78 is 6.44. The van der Waals surface area contributed by atoms with Gasteiger partial charge in [-0.15, -0.1) is 0 Å². The molecule has 1 aliphatic heterocycles. The number of nitrogens with zero attached hydrogens (tertiary/aromatic N) is 2. The Morgan fingerprint density at radius 3 is 2.29 bits per heavy atom. The molecule has 108 valence electrons. The number of anilines is 1. The summed E-state index contributed by atoms with van der Waals surface area (Å²) in [7, 11) is 0. The molecule has 4 heteroatoms. The summed E-state index contributed by atoms with van der Waals surface area (Å²) in [6.45, 7) is 3.55. The molecule has 1 aliphatic rings. The predicted octanol–water partition coefficient (Wildman–Crippen LogP) is 4.04. The van der Waals surface area contributed by atoms with Crippen molar-refractivity contribution in [2.24, 2.45) is 4.99 Å². The first kappa shape index (κ1) is 14.3. The molecule has 2 aromatic carbocycles. The Bertz CT molecular complexity index is 602. The van der Waals surface area contributed by atoms with Gasteiger partial charge in [0.25, 0.3) is 0 Å². The van der Waals surface area contributed by atoms with Crippen molar-refractivity contribution in [2.75, 3.05) is 31.2 Å². The molecule has 1 fully saturated rings. The molecule has 21 heavy (non-hydrogen) atoms. The van der Waals surface area contributed by atoms with Crippen molar-refractivity contribution in [3.05, 3.63) is 58.6 Å². The highest BCUT2D eigenvalue weighted by atomic mass is 79.9. The van der Waals surface area contributed by atoms with Gasteiger partial charge in [-0.2, -0.15) is 0 Å². The minimum Gasteiger partial charge on any atom is -0.378 e. The molecule has 1 saturated heterocycles. The van der Waals surface area contributed by atoms with Crippen molar-refractivity contribution in [1.29, 1.82) is 0 Å². The van der Waals surface area contributed by atoms with E-state index >= 15 is 0 Å². The lowest BCUT2D eigenvalue weighted by molar-refractivity contribution is 0.122. The number of benzene rings is 2. The van der Waals surface area contributed by atoms with Gasteiger partial charge >= 0.3 is 0 Å². The van der Waals surface area contributed by atoms with Crippen LogP contribution in [0.15, 0.2) is 58.0 Å². The van der Waals surface area contributed by atoms with Crippen molar-refractivity contribution in [1.82, 2.24) is 0 Å². The van der Waals surface area contributed by atoms with Gasteiger partial charge in [-0.3, -0.25) is 4.99 Å². The summed E-state index contributed by atoms with van der Waals surface area (Å²) >= 11 is 3.42. The van der Waals surface area contributed by atoms with Crippen LogP contribution in [-0.4, -0.2) is 32.5 Å². The first-order valence-electron chi connectivity index (χ1n) is 7.04. The quantitative estimate of drug-likeness (QED) is 0.785. The number of morpholine rings is 1. The number of hydrogen-bond acceptors (Lipinski definition) is 3. The van der Waals surface area contributed by atoms with E-state index in [4.69, 9.17) is 4.74 Å². The minimum absolute atomic E-state index is 0.812. The minimum atomic E-state index is 0.812. The van der Waals surface area contributed by atoms with Crippen LogP contribution < -0.4 is 4.90 Å². The van der Waals surface area contributed by atoms with Gasteiger partial charge in [-0.05, 0) is 42.0 Å². The fourth-order valence-corrected chi connectivity index (χ4v) is 2.53. The third-order valence-corrected chi connectivity index (χ3v) is 3.99. The van der Waals surface area contributed by atoms with E-state index in [0.717, 1.165) is 42.0 Å². The molecule has 1 heterocycles. The van der Waals surface area contributed by atoms with Crippen LogP contribution in [0.25, 0.3) is 0 Å². The van der Waals surface area contributed by atoms with E-state index in [1.165, 1.54) is 5.69 Å². The second-order valence-electron chi connectivity index (χ2n) is 4.93. The topological polar surface area (TPSA) is 24.8 Å². The molecular weight excluding hydrogens is 328 g/mol. The monoisotopic (exact) mass is 344 g/mol. The molecule has 0 radical (unpaired) electrons. The summed E-state index contributed by atoms with van der Waals surface area (Å²) in [5.74, 6) is 0. The second kappa shape index (κ2) is 6.87. The highest BCUT2D eigenvalue weighted by Gasteiger charge is 2.10. The predicted molar refractivity (Wildman–Crippen MR) is 90.9 cm³/mol. The number of rotatable bonds is 3. The van der Waals surface area contributed by atoms with Crippen molar-refractivity contribution >= 4 is 33.5 Å². The Hall–Kier alpha value is -1.65. The van der Waals surface area contributed by atoms with Crippen LogP contribution in [0.3, 0.4) is 0 Å². The zero-order valence-corrected chi connectivity index (χ0v) is 13.3. The van der Waals surface area contributed by atoms with Gasteiger partial charge in [0.15, 0.2) is 0 Å². The van der Waals surface area contributed by atoms with Gasteiger partial charge in [0.2, 0.25) is 0 Å². The van der Waals surface area contributed by atoms with E-state index < -0.39 is 0 Å². The van der Waals surface area contributed by atoms with Gasteiger partial charge in [0.1, 0.15) is 0 Å². The molecule has 0 bridgehead atoms. The molecular formula is C17H17BrN2O. The van der Waals surface area contributed by atoms with Crippen LogP contribution in [0, 0.1) is 0 Å². The lowest BCUT2D eigenvalue weighted by Gasteiger charge is -2.28. The Morgan fingerprint density at radius 1 is 0.952 bits per heavy atom. The smallest absolute Gasteiger partial charge is 0.0642 e. The van der Waals surface area contributed by atoms with Gasteiger partial charge < -0.3 is 9.64 Å². The van der Waals surface area contributed by atoms with Crippen LogP contribution >= 0.6 is 15.9 Å². The molecule has 0 N–H and O–H groups in total. The van der Waals surface area contributed by atoms with Crippen LogP contribution in [0.4, 0.5) is 11.4 Å². The molecule has 0 aliphatic carbocycles. The van der Waals surface area contributed by atoms with E-state index in [1.54, 1.807) is 0 Å². The standard InChI is InChI=1S/C17H17BrN2O/c18-15-3-5-16(6-4-15)19-13-14-1-7-17(8-2-14)20-9-11-21-12-10-20/h1-8,13H,9-12H2. The van der Waals surface area contributed by atoms with E-state index in [-0.39, 0.29) is 0 Å². The van der Waals surface area contributed by atoms with E-state index in [1.807, 2.05) is 30.5 Å². The number of halogens is 1. The summed E-state index contributed by atoms with van der Waals surface area (Å²) in [5.41, 5.74) is 3.31. The van der Waals surface area contributed by atoms with Crippen molar-refractivity contribution < 1.29 is 4.74 Å². The maximum absolute atomic E-state index is 5.37. The number of hydrogen-bond donors (Lipinski definition) is 0. The zero-order valence-electron chi connectivity index (χ0n) is 11.7. The van der Waals surface area contributed by atoms with Crippen molar-refractivity contribution in [3.63, 3.8) is 0 Å². The Kier molecular flexibility index (Phi) is 4.68. The summed E-state index contributed by atoms with van der Waals surface area (Å²) in [6, 6.07) is 16.5. The third-order valence-electron chi connectivity index (χ3n) is 3.46. The molecule has 0 spiro atoms. The molecule has 2 aromatic rings. The molecule has 0 saturated carbocycles. The Balaban J connectivity index is 1.67. The summed E-state index contributed by atoms with van der Waals surface area (Å²) in [5, 5.41) is 0. The fourth-order valence-electron chi connectivity index (χ4n) is 2.27. The maximum atomic E-state index is 5.37. The number of aliphatic imine (C=N–C) groups is 1. The van der Waals surface area contributed by atoms with E-state index in [2.05, 4.69) is 50.1 Å². The molecule has 0 unspecified atom stereocenters. The molecule has 3 rings (SSSR count). The van der Waals surface area contributed by atoms with Gasteiger partial charge in [0, 0.05) is 29.5 Å².